The average Bonchev–Trinajstić information content (AvgIpc) is 2.97. The molecule has 2 aromatic rings. The summed E-state index contributed by atoms with van der Waals surface area (Å²) in [5, 5.41) is 22.7. The van der Waals surface area contributed by atoms with Gasteiger partial charge in [-0.25, -0.2) is 0 Å². The number of aromatic hydroxyl groups is 1. The second-order valence-corrected chi connectivity index (χ2v) is 12.3. The zero-order valence-corrected chi connectivity index (χ0v) is 25.6. The van der Waals surface area contributed by atoms with E-state index >= 15 is 0 Å². The number of methoxy groups -OCH3 is 1. The lowest BCUT2D eigenvalue weighted by Gasteiger charge is -2.52. The first-order valence-corrected chi connectivity index (χ1v) is 14.9. The van der Waals surface area contributed by atoms with E-state index in [4.69, 9.17) is 10.5 Å². The average molecular weight is 606 g/mol. The van der Waals surface area contributed by atoms with Crippen molar-refractivity contribution in [3.8, 4) is 22.6 Å². The number of fused-ring (bicyclic) bond motifs is 3. The number of hydrogen-bond acceptors (Lipinski definition) is 10. The highest BCUT2D eigenvalue weighted by Gasteiger charge is 2.69. The van der Waals surface area contributed by atoms with Crippen LogP contribution in [0.3, 0.4) is 0 Å². The largest absolute Gasteiger partial charge is 0.507 e. The van der Waals surface area contributed by atoms with E-state index in [1.807, 2.05) is 18.2 Å². The van der Waals surface area contributed by atoms with Gasteiger partial charge < -0.3 is 20.7 Å². The number of amides is 1. The number of aliphatic hydroxyl groups is 1. The second kappa shape index (κ2) is 11.5. The number of hydrogen-bond donors (Lipinski definition) is 3. The van der Waals surface area contributed by atoms with E-state index in [-0.39, 0.29) is 24.2 Å². The van der Waals surface area contributed by atoms with Gasteiger partial charge in [0.15, 0.2) is 34.7 Å². The third kappa shape index (κ3) is 4.65. The van der Waals surface area contributed by atoms with Crippen LogP contribution in [0.1, 0.15) is 41.8 Å². The summed E-state index contributed by atoms with van der Waals surface area (Å²) in [7, 11) is 4.67. The first-order chi connectivity index (χ1) is 20.8. The van der Waals surface area contributed by atoms with Crippen LogP contribution in [-0.2, 0) is 32.1 Å². The molecule has 6 atom stereocenters. The molecule has 2 fully saturated rings. The number of phenols is 1. The van der Waals surface area contributed by atoms with Gasteiger partial charge in [0, 0.05) is 18.0 Å². The fourth-order valence-electron chi connectivity index (χ4n) is 7.63. The van der Waals surface area contributed by atoms with Gasteiger partial charge in [0.25, 0.3) is 0 Å². The van der Waals surface area contributed by atoms with Crippen molar-refractivity contribution in [2.75, 3.05) is 34.3 Å². The molecule has 3 aliphatic rings. The molecule has 1 amide bonds. The number of nitrogens with two attached hydrogens (primary N) is 1. The fraction of sp³-hybridized carbons (Fsp3) is 0.485. The topological polar surface area (TPSA) is 168 Å². The smallest absolute Gasteiger partial charge is 0.235 e. The molecule has 4 N–H and O–H groups in total. The summed E-state index contributed by atoms with van der Waals surface area (Å²) in [5.74, 6) is -10.2. The molecule has 5 rings (SSSR count). The molecule has 0 bridgehead atoms. The van der Waals surface area contributed by atoms with Gasteiger partial charge in [0.1, 0.15) is 11.5 Å². The molecule has 3 aliphatic carbocycles. The molecule has 11 heteroatoms. The molecule has 234 valence electrons. The monoisotopic (exact) mass is 605 g/mol. The molecular formula is C33H39N3O8. The minimum atomic E-state index is -2.76. The van der Waals surface area contributed by atoms with Crippen molar-refractivity contribution in [1.29, 1.82) is 0 Å². The van der Waals surface area contributed by atoms with Gasteiger partial charge in [0.05, 0.1) is 24.6 Å². The number of nitrogens with zero attached hydrogens (tertiary/aromatic N) is 2. The Morgan fingerprint density at radius 1 is 1.05 bits per heavy atom. The Balaban J connectivity index is 1.64. The van der Waals surface area contributed by atoms with Crippen LogP contribution in [0, 0.1) is 23.7 Å². The lowest BCUT2D eigenvalue weighted by molar-refractivity contribution is -0.181. The third-order valence-corrected chi connectivity index (χ3v) is 9.80. The molecule has 0 radical (unpaired) electrons. The van der Waals surface area contributed by atoms with Crippen LogP contribution in [0.25, 0.3) is 11.1 Å². The summed E-state index contributed by atoms with van der Waals surface area (Å²) in [6.45, 7) is 6.60. The molecule has 0 heterocycles. The zero-order chi connectivity index (χ0) is 32.2. The van der Waals surface area contributed by atoms with Crippen molar-refractivity contribution in [2.45, 2.75) is 44.9 Å². The molecule has 2 unspecified atom stereocenters. The molecule has 0 spiro atoms. The molecule has 0 aromatic heterocycles. The minimum absolute atomic E-state index is 0.0157. The number of ketones is 4. The SMILES string of the molecule is CCN(CC)Cc1ccc(OC)c(-c2ccc(O)c3c2C[C@H]2C[C@H]4[C@@H](N(C)C)C(=O)C(C(N)=O)C(=O)[C@@]4(O)C(=O)C2C3=O)c1. The lowest BCUT2D eigenvalue weighted by atomic mass is 9.52. The maximum Gasteiger partial charge on any atom is 0.235 e. The molecule has 2 saturated carbocycles. The maximum atomic E-state index is 14.1. The van der Waals surface area contributed by atoms with E-state index in [1.165, 1.54) is 11.0 Å². The summed E-state index contributed by atoms with van der Waals surface area (Å²) in [4.78, 5) is 70.9. The minimum Gasteiger partial charge on any atom is -0.507 e. The molecule has 0 saturated heterocycles. The first kappa shape index (κ1) is 31.5. The Bertz CT molecular complexity index is 1560. The summed E-state index contributed by atoms with van der Waals surface area (Å²) in [5.41, 5.74) is 5.52. The lowest BCUT2D eigenvalue weighted by Crippen LogP contribution is -2.74. The molecule has 11 nitrogen and oxygen atoms in total. The van der Waals surface area contributed by atoms with Crippen LogP contribution in [-0.4, -0.2) is 95.0 Å². The van der Waals surface area contributed by atoms with E-state index in [9.17, 15) is 34.2 Å². The van der Waals surface area contributed by atoms with Gasteiger partial charge in [0.2, 0.25) is 5.91 Å². The molecule has 0 aliphatic heterocycles. The van der Waals surface area contributed by atoms with Crippen LogP contribution < -0.4 is 10.5 Å². The predicted molar refractivity (Wildman–Crippen MR) is 160 cm³/mol. The normalized spacial score (nSPS) is 28.1. The number of benzene rings is 2. The summed E-state index contributed by atoms with van der Waals surface area (Å²) >= 11 is 0. The number of carbonyl (C=O) groups is 5. The van der Waals surface area contributed by atoms with Gasteiger partial charge in [-0.2, -0.15) is 0 Å². The summed E-state index contributed by atoms with van der Waals surface area (Å²) < 4.78 is 5.70. The van der Waals surface area contributed by atoms with E-state index in [0.29, 0.717) is 23.4 Å². The highest BCUT2D eigenvalue weighted by atomic mass is 16.5. The van der Waals surface area contributed by atoms with E-state index in [2.05, 4.69) is 18.7 Å². The number of phenolic OH excluding ortho intramolecular Hbond substituents is 1. The number of carbonyl (C=O) groups excluding carboxylic acids is 5. The third-order valence-electron chi connectivity index (χ3n) is 9.80. The van der Waals surface area contributed by atoms with E-state index < -0.39 is 64.4 Å². The summed E-state index contributed by atoms with van der Waals surface area (Å²) in [6, 6.07) is 7.79. The number of ether oxygens (including phenoxy) is 1. The quantitative estimate of drug-likeness (QED) is 0.374. The highest BCUT2D eigenvalue weighted by molar-refractivity contribution is 6.32. The zero-order valence-electron chi connectivity index (χ0n) is 25.6. The van der Waals surface area contributed by atoms with Crippen LogP contribution in [0.2, 0.25) is 0 Å². The van der Waals surface area contributed by atoms with Crippen LogP contribution >= 0.6 is 0 Å². The van der Waals surface area contributed by atoms with Crippen molar-refractivity contribution >= 4 is 29.0 Å². The van der Waals surface area contributed by atoms with Gasteiger partial charge in [-0.3, -0.25) is 33.8 Å². The Labute approximate surface area is 256 Å². The van der Waals surface area contributed by atoms with Gasteiger partial charge in [-0.05, 0) is 80.8 Å². The van der Waals surface area contributed by atoms with Crippen molar-refractivity contribution in [3.05, 3.63) is 47.0 Å². The van der Waals surface area contributed by atoms with Gasteiger partial charge >= 0.3 is 0 Å². The summed E-state index contributed by atoms with van der Waals surface area (Å²) in [6.07, 6.45) is 0.150. The highest BCUT2D eigenvalue weighted by Crippen LogP contribution is 2.52. The first-order valence-electron chi connectivity index (χ1n) is 14.9. The van der Waals surface area contributed by atoms with Crippen LogP contribution in [0.5, 0.6) is 11.5 Å². The van der Waals surface area contributed by atoms with Crippen LogP contribution in [0.15, 0.2) is 30.3 Å². The van der Waals surface area contributed by atoms with Crippen LogP contribution in [0.4, 0.5) is 0 Å². The predicted octanol–water partition coefficient (Wildman–Crippen LogP) is 1.38. The maximum absolute atomic E-state index is 14.1. The number of Topliss-reactive ketones (excluding diaryl/α,β-unsaturated/α-hetero) is 4. The Hall–Kier alpha value is -3.93. The van der Waals surface area contributed by atoms with E-state index in [0.717, 1.165) is 24.2 Å². The van der Waals surface area contributed by atoms with Gasteiger partial charge in [-0.15, -0.1) is 0 Å². The standard InChI is InChI=1S/C33H39N3O8/c1-6-36(7-2)15-16-8-11-23(44-5)19(12-16)18-9-10-22(37)25-20(18)13-17-14-21-27(35(3)4)29(39)26(32(34)42)31(41)33(21,43)30(40)24(17)28(25)38/h8-12,17,21,24,26-27,37,43H,6-7,13-15H2,1-5H3,(H2,34,42)/t17-,21-,24?,26?,27+,33-/m0/s1. The number of rotatable bonds is 8. The van der Waals surface area contributed by atoms with Crippen molar-refractivity contribution in [2.24, 2.45) is 29.4 Å². The Morgan fingerprint density at radius 3 is 2.32 bits per heavy atom. The number of likely N-dealkylation sites (N-methyl/N-ethyl adjacent to an activating group) is 1. The van der Waals surface area contributed by atoms with Crippen molar-refractivity contribution in [1.82, 2.24) is 9.80 Å². The van der Waals surface area contributed by atoms with Crippen molar-refractivity contribution in [3.63, 3.8) is 0 Å². The van der Waals surface area contributed by atoms with Crippen molar-refractivity contribution < 1.29 is 38.9 Å². The number of primary amides is 1. The molecular weight excluding hydrogens is 566 g/mol. The Kier molecular flexibility index (Phi) is 8.25. The molecule has 2 aromatic carbocycles. The van der Waals surface area contributed by atoms with E-state index in [1.54, 1.807) is 27.3 Å². The molecule has 44 heavy (non-hydrogen) atoms. The Morgan fingerprint density at radius 2 is 1.73 bits per heavy atom. The van der Waals surface area contributed by atoms with Gasteiger partial charge in [-0.1, -0.05) is 26.0 Å². The fourth-order valence-corrected chi connectivity index (χ4v) is 7.63. The second-order valence-electron chi connectivity index (χ2n) is 12.3.